The van der Waals surface area contributed by atoms with Gasteiger partial charge in [0.2, 0.25) is 0 Å². The number of benzene rings is 2. The fourth-order valence-corrected chi connectivity index (χ4v) is 2.87. The molecular weight excluding hydrogens is 300 g/mol. The molecule has 0 aliphatic heterocycles. The van der Waals surface area contributed by atoms with Gasteiger partial charge in [0, 0.05) is 9.79 Å². The Morgan fingerprint density at radius 1 is 1.14 bits per heavy atom. The van der Waals surface area contributed by atoms with Crippen LogP contribution >= 0.6 is 11.8 Å². The van der Waals surface area contributed by atoms with Crippen LogP contribution in [0.4, 0.5) is 0 Å². The molecule has 0 aliphatic rings. The van der Waals surface area contributed by atoms with Gasteiger partial charge in [0.15, 0.2) is 0 Å². The smallest absolute Gasteiger partial charge is 0.337 e. The van der Waals surface area contributed by atoms with Crippen LogP contribution in [-0.2, 0) is 11.2 Å². The zero-order valence-corrected chi connectivity index (χ0v) is 13.1. The van der Waals surface area contributed by atoms with Crippen molar-refractivity contribution in [1.29, 1.82) is 0 Å². The van der Waals surface area contributed by atoms with Crippen molar-refractivity contribution >= 4 is 23.7 Å². The maximum absolute atomic E-state index is 11.5. The van der Waals surface area contributed by atoms with Crippen molar-refractivity contribution in [1.82, 2.24) is 0 Å². The summed E-state index contributed by atoms with van der Waals surface area (Å²) in [4.78, 5) is 24.5. The SMILES string of the molecule is CCc1ccc(Sc2ccc(C(=O)OC)cc2C(=O)O)cc1. The predicted molar refractivity (Wildman–Crippen MR) is 84.7 cm³/mol. The molecule has 0 radical (unpaired) electrons. The van der Waals surface area contributed by atoms with E-state index in [2.05, 4.69) is 11.7 Å². The third-order valence-electron chi connectivity index (χ3n) is 3.19. The van der Waals surface area contributed by atoms with Crippen LogP contribution in [0, 0.1) is 0 Å². The number of carboxylic acid groups (broad SMARTS) is 1. The Bertz CT molecular complexity index is 692. The van der Waals surface area contributed by atoms with Gasteiger partial charge in [0.1, 0.15) is 0 Å². The van der Waals surface area contributed by atoms with Crippen LogP contribution in [0.25, 0.3) is 0 Å². The average molecular weight is 316 g/mol. The van der Waals surface area contributed by atoms with Gasteiger partial charge in [-0.2, -0.15) is 0 Å². The second-order valence-electron chi connectivity index (χ2n) is 4.61. The molecule has 0 atom stereocenters. The first-order valence-corrected chi connectivity index (χ1v) is 7.59. The zero-order chi connectivity index (χ0) is 16.1. The number of methoxy groups -OCH3 is 1. The number of carbonyl (C=O) groups excluding carboxylic acids is 1. The molecule has 0 saturated carbocycles. The van der Waals surface area contributed by atoms with E-state index < -0.39 is 11.9 Å². The van der Waals surface area contributed by atoms with Crippen molar-refractivity contribution in [2.45, 2.75) is 23.1 Å². The lowest BCUT2D eigenvalue weighted by molar-refractivity contribution is 0.0600. The Morgan fingerprint density at radius 3 is 2.36 bits per heavy atom. The van der Waals surface area contributed by atoms with Crippen LogP contribution < -0.4 is 0 Å². The minimum Gasteiger partial charge on any atom is -0.478 e. The Labute approximate surface area is 133 Å². The van der Waals surface area contributed by atoms with Crippen LogP contribution in [0.2, 0.25) is 0 Å². The van der Waals surface area contributed by atoms with Gasteiger partial charge in [-0.25, -0.2) is 9.59 Å². The number of hydrogen-bond acceptors (Lipinski definition) is 4. The molecule has 0 aromatic heterocycles. The van der Waals surface area contributed by atoms with E-state index >= 15 is 0 Å². The molecule has 2 aromatic rings. The summed E-state index contributed by atoms with van der Waals surface area (Å²) in [6.45, 7) is 2.08. The summed E-state index contributed by atoms with van der Waals surface area (Å²) in [7, 11) is 1.26. The second kappa shape index (κ2) is 7.13. The molecule has 0 fully saturated rings. The predicted octanol–water partition coefficient (Wildman–Crippen LogP) is 3.89. The Morgan fingerprint density at radius 2 is 1.82 bits per heavy atom. The molecule has 0 bridgehead atoms. The van der Waals surface area contributed by atoms with Gasteiger partial charge in [-0.3, -0.25) is 0 Å². The molecule has 2 aromatic carbocycles. The van der Waals surface area contributed by atoms with Crippen LogP contribution in [-0.4, -0.2) is 24.2 Å². The maximum Gasteiger partial charge on any atom is 0.337 e. The van der Waals surface area contributed by atoms with E-state index in [1.165, 1.54) is 30.5 Å². The lowest BCUT2D eigenvalue weighted by atomic mass is 10.1. The maximum atomic E-state index is 11.5. The highest BCUT2D eigenvalue weighted by molar-refractivity contribution is 7.99. The summed E-state index contributed by atoms with van der Waals surface area (Å²) in [5.74, 6) is -1.62. The van der Waals surface area contributed by atoms with Gasteiger partial charge in [-0.1, -0.05) is 30.8 Å². The highest BCUT2D eigenvalue weighted by Gasteiger charge is 2.15. The molecular formula is C17H16O4S. The molecule has 4 nitrogen and oxygen atoms in total. The van der Waals surface area contributed by atoms with Crippen LogP contribution in [0.5, 0.6) is 0 Å². The van der Waals surface area contributed by atoms with Gasteiger partial charge in [0.05, 0.1) is 18.2 Å². The van der Waals surface area contributed by atoms with Gasteiger partial charge in [-0.15, -0.1) is 0 Å². The molecule has 0 saturated heterocycles. The van der Waals surface area contributed by atoms with Crippen molar-refractivity contribution in [3.8, 4) is 0 Å². The normalized spacial score (nSPS) is 10.3. The molecule has 0 spiro atoms. The molecule has 5 heteroatoms. The van der Waals surface area contributed by atoms with Gasteiger partial charge in [-0.05, 0) is 42.3 Å². The van der Waals surface area contributed by atoms with Gasteiger partial charge < -0.3 is 9.84 Å². The monoisotopic (exact) mass is 316 g/mol. The standard InChI is InChI=1S/C17H16O4S/c1-3-11-4-7-13(8-5-11)22-15-9-6-12(17(20)21-2)10-14(15)16(18)19/h4-10H,3H2,1-2H3,(H,18,19). The van der Waals surface area contributed by atoms with Crippen molar-refractivity contribution in [3.05, 3.63) is 59.2 Å². The van der Waals surface area contributed by atoms with Crippen molar-refractivity contribution in [2.75, 3.05) is 7.11 Å². The minimum absolute atomic E-state index is 0.0902. The molecule has 0 unspecified atom stereocenters. The van der Waals surface area contributed by atoms with E-state index in [-0.39, 0.29) is 11.1 Å². The Kier molecular flexibility index (Phi) is 5.22. The number of carboxylic acids is 1. The lowest BCUT2D eigenvalue weighted by Crippen LogP contribution is -2.05. The summed E-state index contributed by atoms with van der Waals surface area (Å²) in [6.07, 6.45) is 0.957. The van der Waals surface area contributed by atoms with Crippen LogP contribution in [0.1, 0.15) is 33.2 Å². The number of aryl methyl sites for hydroxylation is 1. The molecule has 22 heavy (non-hydrogen) atoms. The van der Waals surface area contributed by atoms with Crippen molar-refractivity contribution in [3.63, 3.8) is 0 Å². The van der Waals surface area contributed by atoms with Crippen LogP contribution in [0.3, 0.4) is 0 Å². The summed E-state index contributed by atoms with van der Waals surface area (Å²) >= 11 is 1.36. The van der Waals surface area contributed by atoms with Crippen LogP contribution in [0.15, 0.2) is 52.3 Å². The van der Waals surface area contributed by atoms with E-state index in [0.717, 1.165) is 11.3 Å². The molecule has 0 amide bonds. The van der Waals surface area contributed by atoms with Gasteiger partial charge in [0.25, 0.3) is 0 Å². The van der Waals surface area contributed by atoms with Crippen molar-refractivity contribution in [2.24, 2.45) is 0 Å². The third kappa shape index (κ3) is 3.68. The molecule has 0 heterocycles. The Hall–Kier alpha value is -2.27. The van der Waals surface area contributed by atoms with E-state index in [9.17, 15) is 14.7 Å². The number of ether oxygens (including phenoxy) is 1. The number of rotatable bonds is 5. The lowest BCUT2D eigenvalue weighted by Gasteiger charge is -2.08. The quantitative estimate of drug-likeness (QED) is 0.848. The summed E-state index contributed by atoms with van der Waals surface area (Å²) < 4.78 is 4.62. The summed E-state index contributed by atoms with van der Waals surface area (Å²) in [6, 6.07) is 12.5. The van der Waals surface area contributed by atoms with E-state index in [0.29, 0.717) is 4.90 Å². The molecule has 114 valence electrons. The molecule has 2 rings (SSSR count). The Balaban J connectivity index is 2.33. The first-order chi connectivity index (χ1) is 10.5. The summed E-state index contributed by atoms with van der Waals surface area (Å²) in [5, 5.41) is 9.34. The number of aromatic carboxylic acids is 1. The van der Waals surface area contributed by atoms with E-state index in [1.54, 1.807) is 12.1 Å². The molecule has 1 N–H and O–H groups in total. The summed E-state index contributed by atoms with van der Waals surface area (Å²) in [5.41, 5.74) is 1.54. The zero-order valence-electron chi connectivity index (χ0n) is 12.3. The fourth-order valence-electron chi connectivity index (χ4n) is 1.95. The number of esters is 1. The van der Waals surface area contributed by atoms with Gasteiger partial charge >= 0.3 is 11.9 Å². The van der Waals surface area contributed by atoms with E-state index in [1.807, 2.05) is 24.3 Å². The van der Waals surface area contributed by atoms with Crippen molar-refractivity contribution < 1.29 is 19.4 Å². The first kappa shape index (κ1) is 16.1. The highest BCUT2D eigenvalue weighted by Crippen LogP contribution is 2.31. The first-order valence-electron chi connectivity index (χ1n) is 6.77. The second-order valence-corrected chi connectivity index (χ2v) is 5.72. The average Bonchev–Trinajstić information content (AvgIpc) is 2.55. The highest BCUT2D eigenvalue weighted by atomic mass is 32.2. The minimum atomic E-state index is -1.07. The van der Waals surface area contributed by atoms with E-state index in [4.69, 9.17) is 0 Å². The largest absolute Gasteiger partial charge is 0.478 e. The number of hydrogen-bond donors (Lipinski definition) is 1. The topological polar surface area (TPSA) is 63.6 Å². The molecule has 0 aliphatic carbocycles. The fraction of sp³-hybridized carbons (Fsp3) is 0.176. The third-order valence-corrected chi connectivity index (χ3v) is 4.27. The number of carbonyl (C=O) groups is 2.